The van der Waals surface area contributed by atoms with Crippen LogP contribution in [0.25, 0.3) is 12.2 Å². The first-order valence-corrected chi connectivity index (χ1v) is 11.1. The first-order valence-electron chi connectivity index (χ1n) is 7.62. The Bertz CT molecular complexity index is 1110. The SMILES string of the molecule is O=S(=O)(/C=C/c1ccc(O)c(O)c1O)CS(=O)(=O)/C=C/c1ccc(O)c(O)c1O. The van der Waals surface area contributed by atoms with E-state index in [4.69, 9.17) is 0 Å². The minimum Gasteiger partial charge on any atom is -0.504 e. The van der Waals surface area contributed by atoms with E-state index in [1.807, 2.05) is 0 Å². The zero-order valence-corrected chi connectivity index (χ0v) is 16.1. The van der Waals surface area contributed by atoms with Gasteiger partial charge in [0, 0.05) is 21.9 Å². The van der Waals surface area contributed by atoms with E-state index in [1.165, 1.54) is 0 Å². The van der Waals surface area contributed by atoms with Gasteiger partial charge in [-0.25, -0.2) is 16.8 Å². The number of hydrogen-bond acceptors (Lipinski definition) is 10. The molecule has 0 spiro atoms. The normalized spacial score (nSPS) is 12.7. The Morgan fingerprint density at radius 1 is 0.586 bits per heavy atom. The summed E-state index contributed by atoms with van der Waals surface area (Å²) in [6, 6.07) is 4.20. The average molecular weight is 444 g/mol. The zero-order valence-electron chi connectivity index (χ0n) is 14.5. The maximum Gasteiger partial charge on any atom is 0.200 e. The van der Waals surface area contributed by atoms with Crippen molar-refractivity contribution in [1.29, 1.82) is 0 Å². The largest absolute Gasteiger partial charge is 0.504 e. The van der Waals surface area contributed by atoms with E-state index in [2.05, 4.69) is 0 Å². The standard InChI is InChI=1S/C17H16O10S2/c18-12-3-1-10(14(20)16(12)22)5-7-28(24,25)9-29(26,27)8-6-11-2-4-13(19)17(23)15(11)21/h1-8,18-23H,9H2/b7-5+,8-6+. The quantitative estimate of drug-likeness (QED) is 0.355. The van der Waals surface area contributed by atoms with Gasteiger partial charge in [-0.05, 0) is 36.4 Å². The molecule has 0 radical (unpaired) electrons. The Morgan fingerprint density at radius 2 is 0.931 bits per heavy atom. The van der Waals surface area contributed by atoms with Crippen LogP contribution in [0.15, 0.2) is 35.1 Å². The molecule has 2 rings (SSSR count). The van der Waals surface area contributed by atoms with Gasteiger partial charge in [0.2, 0.25) is 11.5 Å². The number of benzene rings is 2. The molecule has 0 unspecified atom stereocenters. The number of sulfone groups is 2. The fourth-order valence-corrected chi connectivity index (χ4v) is 5.27. The third-order valence-electron chi connectivity index (χ3n) is 3.56. The number of aromatic hydroxyl groups is 6. The molecule has 29 heavy (non-hydrogen) atoms. The predicted molar refractivity (Wildman–Crippen MR) is 104 cm³/mol. The second-order valence-corrected chi connectivity index (χ2v) is 9.93. The van der Waals surface area contributed by atoms with E-state index in [0.29, 0.717) is 10.8 Å². The second kappa shape index (κ2) is 7.93. The summed E-state index contributed by atoms with van der Waals surface area (Å²) in [5, 5.41) is 56.2. The molecule has 0 bridgehead atoms. The van der Waals surface area contributed by atoms with E-state index in [0.717, 1.165) is 36.4 Å². The Balaban J connectivity index is 2.23. The van der Waals surface area contributed by atoms with Crippen molar-refractivity contribution in [3.05, 3.63) is 46.2 Å². The molecule has 0 amide bonds. The first-order chi connectivity index (χ1) is 13.3. The minimum absolute atomic E-state index is 0.179. The van der Waals surface area contributed by atoms with Crippen LogP contribution in [-0.2, 0) is 19.7 Å². The molecule has 0 fully saturated rings. The molecule has 0 saturated carbocycles. The monoisotopic (exact) mass is 444 g/mol. The lowest BCUT2D eigenvalue weighted by atomic mass is 10.2. The topological polar surface area (TPSA) is 190 Å². The van der Waals surface area contributed by atoms with Crippen LogP contribution in [0.4, 0.5) is 0 Å². The molecule has 10 nitrogen and oxygen atoms in total. The summed E-state index contributed by atoms with van der Waals surface area (Å²) >= 11 is 0. The molecule has 0 atom stereocenters. The molecule has 0 saturated heterocycles. The summed E-state index contributed by atoms with van der Waals surface area (Å²) in [6.07, 6.45) is 1.68. The lowest BCUT2D eigenvalue weighted by molar-refractivity contribution is 0.367. The van der Waals surface area contributed by atoms with Crippen molar-refractivity contribution < 1.29 is 47.5 Å². The number of phenolic OH excluding ortho intramolecular Hbond substituents is 6. The Hall–Kier alpha value is -3.38. The van der Waals surface area contributed by atoms with Crippen LogP contribution in [0, 0.1) is 0 Å². The van der Waals surface area contributed by atoms with Crippen LogP contribution in [0.3, 0.4) is 0 Å². The molecule has 0 aromatic heterocycles. The summed E-state index contributed by atoms with van der Waals surface area (Å²) in [6.45, 7) is 0. The summed E-state index contributed by atoms with van der Waals surface area (Å²) in [4.78, 5) is 0. The van der Waals surface area contributed by atoms with E-state index >= 15 is 0 Å². The van der Waals surface area contributed by atoms with Crippen molar-refractivity contribution in [2.24, 2.45) is 0 Å². The van der Waals surface area contributed by atoms with Gasteiger partial charge in [0.15, 0.2) is 47.8 Å². The number of rotatable bonds is 6. The smallest absolute Gasteiger partial charge is 0.200 e. The highest BCUT2D eigenvalue weighted by Crippen LogP contribution is 2.38. The lowest BCUT2D eigenvalue weighted by Gasteiger charge is -2.04. The van der Waals surface area contributed by atoms with Gasteiger partial charge in [-0.3, -0.25) is 0 Å². The Morgan fingerprint density at radius 3 is 1.28 bits per heavy atom. The second-order valence-electron chi connectivity index (χ2n) is 5.79. The van der Waals surface area contributed by atoms with Gasteiger partial charge in [0.25, 0.3) is 0 Å². The summed E-state index contributed by atoms with van der Waals surface area (Å²) in [5.74, 6) is -4.56. The van der Waals surface area contributed by atoms with Crippen LogP contribution in [0.5, 0.6) is 34.5 Å². The van der Waals surface area contributed by atoms with Gasteiger partial charge in [0.05, 0.1) is 0 Å². The van der Waals surface area contributed by atoms with Crippen molar-refractivity contribution in [2.45, 2.75) is 0 Å². The van der Waals surface area contributed by atoms with Crippen molar-refractivity contribution in [3.63, 3.8) is 0 Å². The summed E-state index contributed by atoms with van der Waals surface area (Å²) < 4.78 is 48.2. The maximum atomic E-state index is 12.0. The molecule has 12 heteroatoms. The van der Waals surface area contributed by atoms with E-state index in [-0.39, 0.29) is 11.1 Å². The summed E-state index contributed by atoms with van der Waals surface area (Å²) in [5.41, 5.74) is -0.359. The van der Waals surface area contributed by atoms with Crippen molar-refractivity contribution >= 4 is 31.8 Å². The lowest BCUT2D eigenvalue weighted by Crippen LogP contribution is -2.11. The molecule has 0 aliphatic rings. The number of hydrogen-bond donors (Lipinski definition) is 6. The van der Waals surface area contributed by atoms with E-state index in [1.54, 1.807) is 0 Å². The fourth-order valence-electron chi connectivity index (χ4n) is 2.10. The van der Waals surface area contributed by atoms with Gasteiger partial charge >= 0.3 is 0 Å². The molecular formula is C17H16O10S2. The van der Waals surface area contributed by atoms with Crippen molar-refractivity contribution in [1.82, 2.24) is 0 Å². The van der Waals surface area contributed by atoms with Crippen LogP contribution in [0.2, 0.25) is 0 Å². The third kappa shape index (κ3) is 5.33. The molecule has 2 aromatic carbocycles. The predicted octanol–water partition coefficient (Wildman–Crippen LogP) is 1.35. The van der Waals surface area contributed by atoms with Crippen molar-refractivity contribution in [2.75, 3.05) is 5.08 Å². The Kier molecular flexibility index (Phi) is 5.99. The number of phenols is 6. The molecular weight excluding hydrogens is 428 g/mol. The van der Waals surface area contributed by atoms with Crippen LogP contribution in [0.1, 0.15) is 11.1 Å². The molecule has 0 aliphatic heterocycles. The van der Waals surface area contributed by atoms with Crippen molar-refractivity contribution in [3.8, 4) is 34.5 Å². The molecule has 6 N–H and O–H groups in total. The maximum absolute atomic E-state index is 12.0. The highest BCUT2D eigenvalue weighted by molar-refractivity contribution is 8.10. The first kappa shape index (κ1) is 21.9. The van der Waals surface area contributed by atoms with Gasteiger partial charge in [-0.15, -0.1) is 0 Å². The zero-order chi connectivity index (χ0) is 22.0. The van der Waals surface area contributed by atoms with E-state index < -0.39 is 59.3 Å². The van der Waals surface area contributed by atoms with Gasteiger partial charge in [-0.1, -0.05) is 0 Å². The Labute approximate surface area is 165 Å². The summed E-state index contributed by atoms with van der Waals surface area (Å²) in [7, 11) is -8.67. The highest BCUT2D eigenvalue weighted by atomic mass is 32.3. The van der Waals surface area contributed by atoms with Gasteiger partial charge in [-0.2, -0.15) is 0 Å². The van der Waals surface area contributed by atoms with Crippen LogP contribution < -0.4 is 0 Å². The van der Waals surface area contributed by atoms with E-state index in [9.17, 15) is 47.5 Å². The molecule has 2 aromatic rings. The van der Waals surface area contributed by atoms with Gasteiger partial charge < -0.3 is 30.6 Å². The van der Waals surface area contributed by atoms with Crippen LogP contribution >= 0.6 is 0 Å². The molecule has 156 valence electrons. The van der Waals surface area contributed by atoms with Crippen LogP contribution in [-0.4, -0.2) is 52.6 Å². The molecule has 0 aliphatic carbocycles. The fraction of sp³-hybridized carbons (Fsp3) is 0.0588. The van der Waals surface area contributed by atoms with Gasteiger partial charge in [0.1, 0.15) is 0 Å². The molecule has 0 heterocycles. The minimum atomic E-state index is -4.33. The third-order valence-corrected chi connectivity index (χ3v) is 7.29. The highest BCUT2D eigenvalue weighted by Gasteiger charge is 2.19. The average Bonchev–Trinajstić information content (AvgIpc) is 2.62.